The maximum absolute atomic E-state index is 3.92. The van der Waals surface area contributed by atoms with Crippen molar-refractivity contribution in [2.45, 2.75) is 6.92 Å². The van der Waals surface area contributed by atoms with E-state index in [0.29, 0.717) is 0 Å². The first-order valence-corrected chi connectivity index (χ1v) is 3.52. The minimum absolute atomic E-state index is 0.720. The van der Waals surface area contributed by atoms with Crippen molar-refractivity contribution in [3.63, 3.8) is 0 Å². The Morgan fingerprint density at radius 2 is 2.25 bits per heavy atom. The summed E-state index contributed by atoms with van der Waals surface area (Å²) in [6.45, 7) is 11.7. The first kappa shape index (κ1) is 10.4. The predicted molar refractivity (Wildman–Crippen MR) is 51.5 cm³/mol. The van der Waals surface area contributed by atoms with Crippen LogP contribution < -0.4 is 0 Å². The van der Waals surface area contributed by atoms with Gasteiger partial charge in [-0.05, 0) is 6.92 Å². The molecule has 0 fully saturated rings. The molecule has 1 aromatic rings. The summed E-state index contributed by atoms with van der Waals surface area (Å²) in [5.74, 6) is 0.720. The van der Waals surface area contributed by atoms with Crippen LogP contribution in [0.15, 0.2) is 38.2 Å². The Morgan fingerprint density at radius 1 is 1.58 bits per heavy atom. The molecule has 0 bridgehead atoms. The lowest BCUT2D eigenvalue weighted by molar-refractivity contribution is 1.07. The highest BCUT2D eigenvalue weighted by Crippen LogP contribution is 2.04. The molecule has 3 nitrogen and oxygen atoms in total. The highest BCUT2D eigenvalue weighted by Gasteiger charge is 1.94. The summed E-state index contributed by atoms with van der Waals surface area (Å²) in [4.78, 5) is 3.92. The van der Waals surface area contributed by atoms with Gasteiger partial charge in [0.1, 0.15) is 6.33 Å². The number of allylic oxidation sites excluding steroid dienone is 3. The summed E-state index contributed by atoms with van der Waals surface area (Å²) in [6, 6.07) is 0. The molecule has 0 unspecified atom stereocenters. The molecule has 3 heteroatoms. The highest BCUT2D eigenvalue weighted by atomic mass is 15.2. The third-order valence-electron chi connectivity index (χ3n) is 1.09. The minimum atomic E-state index is 0.720. The molecular formula is C9H13N3. The maximum atomic E-state index is 3.92. The average Bonchev–Trinajstić information content (AvgIpc) is 2.60. The summed E-state index contributed by atoms with van der Waals surface area (Å²) in [5, 5.41) is 6.40. The van der Waals surface area contributed by atoms with Crippen molar-refractivity contribution < 1.29 is 0 Å². The maximum Gasteiger partial charge on any atom is 0.154 e. The second-order valence-corrected chi connectivity index (χ2v) is 1.86. The van der Waals surface area contributed by atoms with Gasteiger partial charge in [0.05, 0.1) is 0 Å². The number of H-pyrrole nitrogens is 1. The molecule has 1 heterocycles. The van der Waals surface area contributed by atoms with Crippen LogP contribution in [0.4, 0.5) is 0 Å². The number of aromatic amines is 1. The molecule has 0 aliphatic heterocycles. The van der Waals surface area contributed by atoms with E-state index in [1.807, 2.05) is 19.1 Å². The van der Waals surface area contributed by atoms with Crippen molar-refractivity contribution in [2.75, 3.05) is 0 Å². The van der Waals surface area contributed by atoms with Crippen LogP contribution >= 0.6 is 0 Å². The zero-order chi connectivity index (χ0) is 9.40. The molecule has 0 amide bonds. The molecule has 64 valence electrons. The predicted octanol–water partition coefficient (Wildman–Crippen LogP) is 2.20. The van der Waals surface area contributed by atoms with Crippen LogP contribution in [0.5, 0.6) is 0 Å². The quantitative estimate of drug-likeness (QED) is 0.536. The Bertz CT molecular complexity index is 247. The molecule has 0 radical (unpaired) electrons. The summed E-state index contributed by atoms with van der Waals surface area (Å²) in [7, 11) is 0. The summed E-state index contributed by atoms with van der Waals surface area (Å²) in [5.41, 5.74) is 0.847. The van der Waals surface area contributed by atoms with Gasteiger partial charge >= 0.3 is 0 Å². The third-order valence-corrected chi connectivity index (χ3v) is 1.09. The van der Waals surface area contributed by atoms with Gasteiger partial charge in [-0.1, -0.05) is 18.7 Å². The molecule has 0 atom stereocenters. The van der Waals surface area contributed by atoms with Crippen molar-refractivity contribution in [1.29, 1.82) is 0 Å². The standard InChI is InChI=1S/C7H9N3.C2H4/c1-3-4-6(2)7-8-5-9-10-7;1-2/h3-5H,2H2,1H3,(H,8,9,10);1-2H2/b4-3-;. The van der Waals surface area contributed by atoms with Crippen LogP contribution in [0.1, 0.15) is 12.7 Å². The van der Waals surface area contributed by atoms with Gasteiger partial charge in [0.2, 0.25) is 0 Å². The Morgan fingerprint density at radius 3 is 2.67 bits per heavy atom. The van der Waals surface area contributed by atoms with E-state index in [0.717, 1.165) is 11.4 Å². The molecule has 0 spiro atoms. The number of nitrogens with one attached hydrogen (secondary N) is 1. The second kappa shape index (κ2) is 6.09. The van der Waals surface area contributed by atoms with Gasteiger partial charge in [0.15, 0.2) is 5.82 Å². The number of nitrogens with zero attached hydrogens (tertiary/aromatic N) is 2. The van der Waals surface area contributed by atoms with Crippen LogP contribution in [-0.2, 0) is 0 Å². The van der Waals surface area contributed by atoms with E-state index in [-0.39, 0.29) is 0 Å². The number of rotatable bonds is 2. The van der Waals surface area contributed by atoms with Crippen LogP contribution in [0.2, 0.25) is 0 Å². The van der Waals surface area contributed by atoms with Gasteiger partial charge in [-0.15, -0.1) is 13.2 Å². The normalized spacial score (nSPS) is 9.08. The second-order valence-electron chi connectivity index (χ2n) is 1.86. The molecular weight excluding hydrogens is 150 g/mol. The lowest BCUT2D eigenvalue weighted by Gasteiger charge is -1.89. The summed E-state index contributed by atoms with van der Waals surface area (Å²) < 4.78 is 0. The Balaban J connectivity index is 0.000000561. The first-order valence-electron chi connectivity index (χ1n) is 3.52. The Hall–Kier alpha value is -1.64. The molecule has 12 heavy (non-hydrogen) atoms. The van der Waals surface area contributed by atoms with Crippen LogP contribution in [-0.4, -0.2) is 15.2 Å². The van der Waals surface area contributed by atoms with E-state index in [9.17, 15) is 0 Å². The lowest BCUT2D eigenvalue weighted by atomic mass is 10.3. The number of hydrogen-bond donors (Lipinski definition) is 1. The van der Waals surface area contributed by atoms with Crippen LogP contribution in [0.25, 0.3) is 5.57 Å². The molecule has 0 aliphatic rings. The van der Waals surface area contributed by atoms with E-state index in [4.69, 9.17) is 0 Å². The van der Waals surface area contributed by atoms with Gasteiger partial charge in [-0.2, -0.15) is 5.10 Å². The van der Waals surface area contributed by atoms with Crippen molar-refractivity contribution in [3.8, 4) is 0 Å². The fraction of sp³-hybridized carbons (Fsp3) is 0.111. The first-order chi connectivity index (χ1) is 5.84. The van der Waals surface area contributed by atoms with Gasteiger partial charge in [0, 0.05) is 5.57 Å². The SMILES string of the molecule is C=C.C=C(/C=C\C)c1ncn[nH]1. The number of hydrogen-bond acceptors (Lipinski definition) is 2. The van der Waals surface area contributed by atoms with E-state index in [1.54, 1.807) is 0 Å². The Kier molecular flexibility index (Phi) is 5.26. The van der Waals surface area contributed by atoms with E-state index in [2.05, 4.69) is 34.9 Å². The van der Waals surface area contributed by atoms with E-state index in [1.165, 1.54) is 6.33 Å². The van der Waals surface area contributed by atoms with E-state index >= 15 is 0 Å². The molecule has 0 saturated heterocycles. The monoisotopic (exact) mass is 163 g/mol. The van der Waals surface area contributed by atoms with E-state index < -0.39 is 0 Å². The Labute approximate surface area is 72.5 Å². The molecule has 0 saturated carbocycles. The minimum Gasteiger partial charge on any atom is -0.259 e. The largest absolute Gasteiger partial charge is 0.259 e. The zero-order valence-electron chi connectivity index (χ0n) is 7.25. The lowest BCUT2D eigenvalue weighted by Crippen LogP contribution is -1.80. The van der Waals surface area contributed by atoms with Crippen LogP contribution in [0.3, 0.4) is 0 Å². The molecule has 1 N–H and O–H groups in total. The van der Waals surface area contributed by atoms with Crippen molar-refractivity contribution in [1.82, 2.24) is 15.2 Å². The third kappa shape index (κ3) is 2.96. The fourth-order valence-electron chi connectivity index (χ4n) is 0.640. The smallest absolute Gasteiger partial charge is 0.154 e. The topological polar surface area (TPSA) is 41.6 Å². The molecule has 0 aliphatic carbocycles. The average molecular weight is 163 g/mol. The summed E-state index contributed by atoms with van der Waals surface area (Å²) in [6.07, 6.45) is 5.25. The van der Waals surface area contributed by atoms with Gasteiger partial charge in [-0.3, -0.25) is 5.10 Å². The molecule has 1 rings (SSSR count). The van der Waals surface area contributed by atoms with Crippen molar-refractivity contribution >= 4 is 5.57 Å². The number of aromatic nitrogens is 3. The van der Waals surface area contributed by atoms with Gasteiger partial charge in [-0.25, -0.2) is 4.98 Å². The highest BCUT2D eigenvalue weighted by molar-refractivity contribution is 5.66. The zero-order valence-corrected chi connectivity index (χ0v) is 7.25. The fourth-order valence-corrected chi connectivity index (χ4v) is 0.640. The molecule has 0 aromatic carbocycles. The van der Waals surface area contributed by atoms with Crippen LogP contribution in [0, 0.1) is 0 Å². The summed E-state index contributed by atoms with van der Waals surface area (Å²) >= 11 is 0. The van der Waals surface area contributed by atoms with Gasteiger partial charge < -0.3 is 0 Å². The van der Waals surface area contributed by atoms with Crippen molar-refractivity contribution in [3.05, 3.63) is 44.0 Å². The van der Waals surface area contributed by atoms with Gasteiger partial charge in [0.25, 0.3) is 0 Å². The molecule has 1 aromatic heterocycles. The van der Waals surface area contributed by atoms with Crippen molar-refractivity contribution in [2.24, 2.45) is 0 Å².